The Morgan fingerprint density at radius 2 is 1.76 bits per heavy atom. The molecule has 6 aromatic rings. The van der Waals surface area contributed by atoms with Crippen LogP contribution in [0.2, 0.25) is 17.3 Å². The van der Waals surface area contributed by atoms with Gasteiger partial charge >= 0.3 is 135 Å². The Morgan fingerprint density at radius 1 is 0.980 bits per heavy atom. The molecule has 1 aliphatic carbocycles. The topological polar surface area (TPSA) is 62.7 Å². The van der Waals surface area contributed by atoms with Gasteiger partial charge in [-0.3, -0.25) is 0 Å². The van der Waals surface area contributed by atoms with Gasteiger partial charge in [0, 0.05) is 48.7 Å². The fourth-order valence-electron chi connectivity index (χ4n) is 6.36. The van der Waals surface area contributed by atoms with Crippen LogP contribution in [0.3, 0.4) is 0 Å². The third kappa shape index (κ3) is 9.09. The van der Waals surface area contributed by atoms with Gasteiger partial charge in [-0.15, -0.1) is 12.1 Å². The number of hydrogen-bond acceptors (Lipinski definition) is 4. The van der Waals surface area contributed by atoms with Crippen molar-refractivity contribution in [2.75, 3.05) is 0 Å². The van der Waals surface area contributed by atoms with Crippen molar-refractivity contribution < 1.29 is 38.2 Å². The summed E-state index contributed by atoms with van der Waals surface area (Å²) in [6.45, 7) is 0.946. The molecule has 6 heteroatoms. The average Bonchev–Trinajstić information content (AvgIpc) is 3.86. The Labute approximate surface area is 334 Å². The minimum atomic E-state index is -2.59. The van der Waals surface area contributed by atoms with Gasteiger partial charge in [-0.1, -0.05) is 55.0 Å². The normalized spacial score (nSPS) is 17.4. The number of pyridine rings is 2. The number of nitriles is 1. The largest absolute Gasteiger partial charge is 0 e. The van der Waals surface area contributed by atoms with Crippen molar-refractivity contribution in [3.05, 3.63) is 113 Å². The van der Waals surface area contributed by atoms with Crippen molar-refractivity contribution in [2.24, 2.45) is 11.3 Å². The number of fused-ring (bicyclic) bond motifs is 3. The van der Waals surface area contributed by atoms with Gasteiger partial charge in [-0.2, -0.15) is 0 Å². The fourth-order valence-corrected chi connectivity index (χ4v) is 9.28. The first kappa shape index (κ1) is 27.1. The summed E-state index contributed by atoms with van der Waals surface area (Å²) >= 11 is -2.24. The zero-order chi connectivity index (χ0) is 44.2. The maximum absolute atomic E-state index is 9.71. The van der Waals surface area contributed by atoms with Crippen LogP contribution in [-0.4, -0.2) is 23.2 Å². The molecule has 7 rings (SSSR count). The number of rotatable bonds is 6. The molecule has 1 fully saturated rings. The maximum atomic E-state index is 9.71. The van der Waals surface area contributed by atoms with Crippen molar-refractivity contribution >= 4 is 39.6 Å². The number of benzene rings is 3. The molecule has 0 saturated heterocycles. The second-order valence-electron chi connectivity index (χ2n) is 15.0. The molecule has 51 heavy (non-hydrogen) atoms. The van der Waals surface area contributed by atoms with Gasteiger partial charge in [0.25, 0.3) is 0 Å². The van der Waals surface area contributed by atoms with Crippen LogP contribution in [0.4, 0.5) is 0 Å². The fraction of sp³-hybridized carbons (Fsp3) is 0.356. The first-order valence-electron chi connectivity index (χ1n) is 22.1. The number of hydrogen-bond donors (Lipinski definition) is 0. The van der Waals surface area contributed by atoms with E-state index in [1.54, 1.807) is 6.07 Å². The molecule has 4 nitrogen and oxygen atoms in total. The van der Waals surface area contributed by atoms with Crippen LogP contribution >= 0.6 is 0 Å². The average molecular weight is 923 g/mol. The van der Waals surface area contributed by atoms with E-state index in [-0.39, 0.29) is 65.1 Å². The van der Waals surface area contributed by atoms with E-state index in [0.717, 1.165) is 34.1 Å². The summed E-state index contributed by atoms with van der Waals surface area (Å²) in [5.41, 5.74) is 3.33. The number of nitrogens with zero attached hydrogens (tertiary/aromatic N) is 3. The second kappa shape index (κ2) is 16.0. The maximum Gasteiger partial charge on any atom is 0 e. The molecule has 1 aliphatic rings. The van der Waals surface area contributed by atoms with Gasteiger partial charge < -0.3 is 9.40 Å². The van der Waals surface area contributed by atoms with Crippen molar-refractivity contribution in [2.45, 2.75) is 90.2 Å². The number of aryl methyl sites for hydroxylation is 2. The van der Waals surface area contributed by atoms with Gasteiger partial charge in [0.1, 0.15) is 5.58 Å². The molecule has 3 heterocycles. The van der Waals surface area contributed by atoms with E-state index >= 15 is 0 Å². The van der Waals surface area contributed by atoms with Gasteiger partial charge in [-0.25, -0.2) is 5.26 Å². The van der Waals surface area contributed by atoms with E-state index < -0.39 is 45.1 Å². The molecule has 1 radical (unpaired) electrons. The van der Waals surface area contributed by atoms with Crippen LogP contribution < -0.4 is 4.40 Å². The van der Waals surface area contributed by atoms with Gasteiger partial charge in [-0.05, 0) is 59.8 Å². The van der Waals surface area contributed by atoms with E-state index in [0.29, 0.717) is 29.2 Å². The van der Waals surface area contributed by atoms with Crippen LogP contribution in [-0.2, 0) is 32.9 Å². The molecule has 0 amide bonds. The Bertz CT molecular complexity index is 2580. The quantitative estimate of drug-likeness (QED) is 0.123. The van der Waals surface area contributed by atoms with E-state index in [2.05, 4.69) is 45.4 Å². The van der Waals surface area contributed by atoms with E-state index in [4.69, 9.17) is 18.1 Å². The molecule has 0 atom stereocenters. The third-order valence-electron chi connectivity index (χ3n) is 8.75. The predicted octanol–water partition coefficient (Wildman–Crippen LogP) is 11.3. The smallest absolute Gasteiger partial charge is 0 e. The van der Waals surface area contributed by atoms with Crippen LogP contribution in [0, 0.1) is 48.5 Å². The molecular weight excluding hydrogens is 863 g/mol. The zero-order valence-electron chi connectivity index (χ0n) is 39.9. The van der Waals surface area contributed by atoms with Gasteiger partial charge in [0.15, 0.2) is 0 Å². The molecule has 0 N–H and O–H groups in total. The van der Waals surface area contributed by atoms with Crippen molar-refractivity contribution in [1.82, 2.24) is 9.97 Å². The van der Waals surface area contributed by atoms with Gasteiger partial charge in [0.2, 0.25) is 0 Å². The molecule has 3 aromatic heterocycles. The van der Waals surface area contributed by atoms with Crippen LogP contribution in [0.1, 0.15) is 88.0 Å². The summed E-state index contributed by atoms with van der Waals surface area (Å²) in [7, 11) is 0. The first-order chi connectivity index (χ1) is 27.8. The summed E-state index contributed by atoms with van der Waals surface area (Å²) in [6, 6.07) is 25.2. The minimum Gasteiger partial charge on any atom is 0 e. The van der Waals surface area contributed by atoms with Crippen molar-refractivity contribution in [3.8, 4) is 28.6 Å². The summed E-state index contributed by atoms with van der Waals surface area (Å²) in [4.78, 5) is 9.06. The van der Waals surface area contributed by atoms with Crippen LogP contribution in [0.5, 0.6) is 0 Å². The molecule has 265 valence electrons. The Kier molecular flexibility index (Phi) is 8.50. The summed E-state index contributed by atoms with van der Waals surface area (Å²) in [5.74, 6) is 6.58. The van der Waals surface area contributed by atoms with E-state index in [1.807, 2.05) is 57.3 Å². The van der Waals surface area contributed by atoms with Gasteiger partial charge in [0.05, 0.1) is 5.58 Å². The molecule has 0 bridgehead atoms. The van der Waals surface area contributed by atoms with Crippen LogP contribution in [0.15, 0.2) is 77.5 Å². The van der Waals surface area contributed by atoms with Crippen molar-refractivity contribution in [1.29, 1.82) is 5.26 Å². The summed E-state index contributed by atoms with van der Waals surface area (Å²) in [6.07, 6.45) is 3.15. The minimum absolute atomic E-state index is 0. The summed E-state index contributed by atoms with van der Waals surface area (Å²) in [5, 5.41) is 10.7. The predicted molar refractivity (Wildman–Crippen MR) is 210 cm³/mol. The molecule has 1 saturated carbocycles. The molecule has 0 spiro atoms. The monoisotopic (exact) mass is 924 g/mol. The van der Waals surface area contributed by atoms with Crippen LogP contribution in [0.25, 0.3) is 44.5 Å². The van der Waals surface area contributed by atoms with Crippen molar-refractivity contribution in [3.63, 3.8) is 0 Å². The standard InChI is InChI=1S/C26H23N2O.C19H26GeN.Ir/c1-16-7-9-22-24(11-16)29-26-21(10-8-19(14-27)25(22)26)23-12-17(2)20(15-28-23)13-18-5-3-4-6-18;1-19(2,3)13-16-12-18(15-10-8-7-9-11-15)21-14-17(16)20(4,5)6;/h7-9,11-12,15,18H,3-6,13H2,1-2H3;7-10,12,14H,13H2,1-6H3;/q2*-1;/i1D3,2D3,13D2;13D2;. The Morgan fingerprint density at radius 3 is 2.43 bits per heavy atom. The molecule has 0 aliphatic heterocycles. The third-order valence-corrected chi connectivity index (χ3v) is 13.0. The summed E-state index contributed by atoms with van der Waals surface area (Å²) < 4.78 is 89.7. The van der Waals surface area contributed by atoms with E-state index in [9.17, 15) is 5.26 Å². The SMILES string of the molecule is [2H]C([2H])([2H])c1ccc2c(c1)oc1c(-c3cc(C([2H])([2H])[2H])c(C([2H])([2H])C4CCCC4)cn3)[c-]cc(C#N)c12.[2H]C([2H])(c1cc(-c2[c-]cccc2)nc[c]1[Ge]([CH3])([CH3])[CH3])C(C)(C)C.[Ir]. The first-order valence-corrected chi connectivity index (χ1v) is 24.4. The Hall–Kier alpha value is -3.56. The number of furan rings is 1. The molecule has 3 aromatic carbocycles. The zero-order valence-corrected chi connectivity index (χ0v) is 34.4. The Balaban J connectivity index is 0.000000253. The molecular formula is C45H49GeIrN3O-2. The number of aromatic nitrogens is 2. The van der Waals surface area contributed by atoms with E-state index in [1.165, 1.54) is 30.5 Å². The second-order valence-corrected chi connectivity index (χ2v) is 25.5. The molecule has 0 unspecified atom stereocenters.